The Bertz CT molecular complexity index is 873. The van der Waals surface area contributed by atoms with E-state index in [4.69, 9.17) is 34.8 Å². The molecule has 6 heteroatoms. The molecule has 0 saturated heterocycles. The molecular weight excluding hydrogens is 389 g/mol. The van der Waals surface area contributed by atoms with Crippen molar-refractivity contribution < 1.29 is 0 Å². The van der Waals surface area contributed by atoms with Crippen molar-refractivity contribution in [1.29, 1.82) is 0 Å². The molecule has 0 radical (unpaired) electrons. The second-order valence-electron chi connectivity index (χ2n) is 6.20. The Hall–Kier alpha value is -1.55. The van der Waals surface area contributed by atoms with Crippen LogP contribution in [0.3, 0.4) is 0 Å². The summed E-state index contributed by atoms with van der Waals surface area (Å²) in [6.07, 6.45) is 4.66. The maximum Gasteiger partial charge on any atom is 0.122 e. The van der Waals surface area contributed by atoms with Crippen LogP contribution in [0.4, 0.5) is 0 Å². The summed E-state index contributed by atoms with van der Waals surface area (Å²) in [5, 5.41) is 10.7. The molecule has 0 aliphatic heterocycles. The number of nitrogens with zero attached hydrogens (tertiary/aromatic N) is 3. The molecule has 1 heterocycles. The van der Waals surface area contributed by atoms with Gasteiger partial charge < -0.3 is 0 Å². The Morgan fingerprint density at radius 3 is 2.31 bits per heavy atom. The molecule has 0 bridgehead atoms. The van der Waals surface area contributed by atoms with E-state index in [0.29, 0.717) is 15.1 Å². The third-order valence-corrected chi connectivity index (χ3v) is 5.06. The van der Waals surface area contributed by atoms with Gasteiger partial charge in [0, 0.05) is 27.7 Å². The number of benzene rings is 2. The van der Waals surface area contributed by atoms with E-state index in [2.05, 4.69) is 17.2 Å². The molecule has 1 aromatic heterocycles. The standard InChI is InChI=1S/C20H20Cl3N3/c1-2-3-4-5-12-26-20(14-6-8-15(21)9-7-14)19(24-25-26)17-11-10-16(22)13-18(17)23/h6-11,13H,2-5,12H2,1H3. The van der Waals surface area contributed by atoms with Gasteiger partial charge in [-0.3, -0.25) is 0 Å². The topological polar surface area (TPSA) is 30.7 Å². The quantitative estimate of drug-likeness (QED) is 0.388. The lowest BCUT2D eigenvalue weighted by atomic mass is 10.0. The van der Waals surface area contributed by atoms with Crippen molar-refractivity contribution in [3.05, 3.63) is 57.5 Å². The van der Waals surface area contributed by atoms with Gasteiger partial charge in [-0.15, -0.1) is 5.10 Å². The summed E-state index contributed by atoms with van der Waals surface area (Å²) in [6, 6.07) is 13.1. The molecule has 0 amide bonds. The van der Waals surface area contributed by atoms with Crippen LogP contribution in [0.25, 0.3) is 22.5 Å². The van der Waals surface area contributed by atoms with Crippen LogP contribution in [0.1, 0.15) is 32.6 Å². The Kier molecular flexibility index (Phi) is 6.58. The Morgan fingerprint density at radius 2 is 1.62 bits per heavy atom. The van der Waals surface area contributed by atoms with Gasteiger partial charge in [-0.05, 0) is 36.8 Å². The Morgan fingerprint density at radius 1 is 0.885 bits per heavy atom. The van der Waals surface area contributed by atoms with E-state index in [0.717, 1.165) is 35.5 Å². The summed E-state index contributed by atoms with van der Waals surface area (Å²) < 4.78 is 1.96. The van der Waals surface area contributed by atoms with Crippen molar-refractivity contribution in [2.24, 2.45) is 0 Å². The van der Waals surface area contributed by atoms with Gasteiger partial charge in [-0.1, -0.05) is 78.3 Å². The molecule has 3 aromatic rings. The van der Waals surface area contributed by atoms with Crippen molar-refractivity contribution in [3.8, 4) is 22.5 Å². The molecule has 0 atom stereocenters. The molecule has 0 unspecified atom stereocenters. The van der Waals surface area contributed by atoms with Crippen LogP contribution in [0.15, 0.2) is 42.5 Å². The number of rotatable bonds is 7. The molecule has 0 N–H and O–H groups in total. The first-order chi connectivity index (χ1) is 12.6. The number of hydrogen-bond donors (Lipinski definition) is 0. The van der Waals surface area contributed by atoms with Crippen molar-refractivity contribution >= 4 is 34.8 Å². The first-order valence-corrected chi connectivity index (χ1v) is 9.88. The zero-order valence-corrected chi connectivity index (χ0v) is 16.8. The van der Waals surface area contributed by atoms with Gasteiger partial charge in [-0.25, -0.2) is 4.68 Å². The molecule has 136 valence electrons. The van der Waals surface area contributed by atoms with E-state index < -0.39 is 0 Å². The van der Waals surface area contributed by atoms with E-state index in [-0.39, 0.29) is 0 Å². The minimum Gasteiger partial charge on any atom is -0.244 e. The van der Waals surface area contributed by atoms with Crippen LogP contribution >= 0.6 is 34.8 Å². The van der Waals surface area contributed by atoms with E-state index >= 15 is 0 Å². The number of unbranched alkanes of at least 4 members (excludes halogenated alkanes) is 3. The van der Waals surface area contributed by atoms with Gasteiger partial charge in [0.05, 0.1) is 10.7 Å². The zero-order valence-electron chi connectivity index (χ0n) is 14.6. The fourth-order valence-electron chi connectivity index (χ4n) is 2.91. The van der Waals surface area contributed by atoms with E-state index in [9.17, 15) is 0 Å². The molecule has 0 saturated carbocycles. The highest BCUT2D eigenvalue weighted by Gasteiger charge is 2.18. The zero-order chi connectivity index (χ0) is 18.5. The largest absolute Gasteiger partial charge is 0.244 e. The maximum absolute atomic E-state index is 6.42. The van der Waals surface area contributed by atoms with Gasteiger partial charge in [0.25, 0.3) is 0 Å². The van der Waals surface area contributed by atoms with Crippen LogP contribution < -0.4 is 0 Å². The highest BCUT2D eigenvalue weighted by Crippen LogP contribution is 2.36. The highest BCUT2D eigenvalue weighted by atomic mass is 35.5. The molecular formula is C20H20Cl3N3. The van der Waals surface area contributed by atoms with Crippen LogP contribution in [-0.4, -0.2) is 15.0 Å². The summed E-state index contributed by atoms with van der Waals surface area (Å²) in [7, 11) is 0. The van der Waals surface area contributed by atoms with Crippen LogP contribution in [-0.2, 0) is 6.54 Å². The molecule has 0 aliphatic carbocycles. The predicted molar refractivity (Wildman–Crippen MR) is 110 cm³/mol. The summed E-state index contributed by atoms with van der Waals surface area (Å²) in [5.41, 5.74) is 3.53. The lowest BCUT2D eigenvalue weighted by molar-refractivity contribution is 0.531. The predicted octanol–water partition coefficient (Wildman–Crippen LogP) is 7.15. The SMILES string of the molecule is CCCCCCn1nnc(-c2ccc(Cl)cc2Cl)c1-c1ccc(Cl)cc1. The fourth-order valence-corrected chi connectivity index (χ4v) is 3.54. The average molecular weight is 409 g/mol. The molecule has 3 rings (SSSR count). The van der Waals surface area contributed by atoms with Gasteiger partial charge in [0.1, 0.15) is 5.69 Å². The van der Waals surface area contributed by atoms with E-state index in [1.807, 2.05) is 41.1 Å². The van der Waals surface area contributed by atoms with Crippen molar-refractivity contribution in [2.45, 2.75) is 39.2 Å². The number of aromatic nitrogens is 3. The average Bonchev–Trinajstić information content (AvgIpc) is 3.03. The Labute approximate surface area is 168 Å². The van der Waals surface area contributed by atoms with E-state index in [1.54, 1.807) is 6.07 Å². The second kappa shape index (κ2) is 8.90. The van der Waals surface area contributed by atoms with Gasteiger partial charge in [0.2, 0.25) is 0 Å². The normalized spacial score (nSPS) is 11.1. The van der Waals surface area contributed by atoms with Crippen LogP contribution in [0.2, 0.25) is 15.1 Å². The van der Waals surface area contributed by atoms with Crippen molar-refractivity contribution in [2.75, 3.05) is 0 Å². The van der Waals surface area contributed by atoms with Gasteiger partial charge >= 0.3 is 0 Å². The second-order valence-corrected chi connectivity index (χ2v) is 7.48. The maximum atomic E-state index is 6.42. The lowest BCUT2D eigenvalue weighted by Crippen LogP contribution is -2.03. The number of halogens is 3. The third-order valence-electron chi connectivity index (χ3n) is 4.26. The molecule has 0 spiro atoms. The third kappa shape index (κ3) is 4.40. The summed E-state index contributed by atoms with van der Waals surface area (Å²) in [4.78, 5) is 0. The van der Waals surface area contributed by atoms with Crippen molar-refractivity contribution in [1.82, 2.24) is 15.0 Å². The van der Waals surface area contributed by atoms with Gasteiger partial charge in [0.15, 0.2) is 0 Å². The number of hydrogen-bond acceptors (Lipinski definition) is 2. The summed E-state index contributed by atoms with van der Waals surface area (Å²) in [6.45, 7) is 3.02. The first-order valence-electron chi connectivity index (χ1n) is 8.75. The first kappa shape index (κ1) is 19.2. The lowest BCUT2D eigenvalue weighted by Gasteiger charge is -2.10. The molecule has 3 nitrogen and oxygen atoms in total. The smallest absolute Gasteiger partial charge is 0.122 e. The van der Waals surface area contributed by atoms with Crippen LogP contribution in [0.5, 0.6) is 0 Å². The summed E-state index contributed by atoms with van der Waals surface area (Å²) in [5.74, 6) is 0. The van der Waals surface area contributed by atoms with Gasteiger partial charge in [-0.2, -0.15) is 0 Å². The highest BCUT2D eigenvalue weighted by molar-refractivity contribution is 6.36. The van der Waals surface area contributed by atoms with E-state index in [1.165, 1.54) is 19.3 Å². The fraction of sp³-hybridized carbons (Fsp3) is 0.300. The molecule has 2 aromatic carbocycles. The van der Waals surface area contributed by atoms with Crippen LogP contribution in [0, 0.1) is 0 Å². The monoisotopic (exact) mass is 407 g/mol. The molecule has 0 fully saturated rings. The number of aryl methyl sites for hydroxylation is 1. The molecule has 26 heavy (non-hydrogen) atoms. The molecule has 0 aliphatic rings. The van der Waals surface area contributed by atoms with Crippen molar-refractivity contribution in [3.63, 3.8) is 0 Å². The minimum atomic E-state index is 0.561. The summed E-state index contributed by atoms with van der Waals surface area (Å²) >= 11 is 18.5. The minimum absolute atomic E-state index is 0.561. The Balaban J connectivity index is 2.03.